The van der Waals surface area contributed by atoms with Crippen LogP contribution in [0.2, 0.25) is 0 Å². The maximum atomic E-state index is 3.64. The molecule has 1 heteroatoms. The zero-order chi connectivity index (χ0) is 14.6. The molecule has 1 nitrogen and oxygen atoms in total. The van der Waals surface area contributed by atoms with Gasteiger partial charge in [0.2, 0.25) is 0 Å². The third-order valence-corrected chi connectivity index (χ3v) is 5.04. The van der Waals surface area contributed by atoms with Gasteiger partial charge in [-0.3, -0.25) is 0 Å². The number of aryl methyl sites for hydroxylation is 1. The van der Waals surface area contributed by atoms with E-state index in [1.807, 2.05) is 0 Å². The smallest absolute Gasteiger partial charge is 0.0374 e. The van der Waals surface area contributed by atoms with Gasteiger partial charge in [0, 0.05) is 6.04 Å². The maximum Gasteiger partial charge on any atom is 0.0374 e. The molecule has 0 amide bonds. The lowest BCUT2D eigenvalue weighted by atomic mass is 9.70. The summed E-state index contributed by atoms with van der Waals surface area (Å²) in [6, 6.07) is 9.81. The van der Waals surface area contributed by atoms with Crippen LogP contribution in [-0.4, -0.2) is 7.05 Å². The summed E-state index contributed by atoms with van der Waals surface area (Å²) in [6.45, 7) is 6.96. The van der Waals surface area contributed by atoms with Gasteiger partial charge in [-0.15, -0.1) is 0 Å². The molecule has 0 aliphatic heterocycles. The lowest BCUT2D eigenvalue weighted by Gasteiger charge is -2.39. The lowest BCUT2D eigenvalue weighted by molar-refractivity contribution is 0.162. The third-order valence-electron chi connectivity index (χ3n) is 5.04. The predicted molar refractivity (Wildman–Crippen MR) is 88.0 cm³/mol. The highest BCUT2D eigenvalue weighted by molar-refractivity contribution is 5.27. The van der Waals surface area contributed by atoms with E-state index in [0.29, 0.717) is 11.5 Å². The highest BCUT2D eigenvalue weighted by atomic mass is 14.9. The molecular formula is C19H31N. The molecule has 1 aromatic carbocycles. The van der Waals surface area contributed by atoms with Crippen molar-refractivity contribution in [3.05, 3.63) is 35.4 Å². The molecule has 1 aliphatic carbocycles. The molecule has 112 valence electrons. The minimum absolute atomic E-state index is 0.469. The number of hydrogen-bond donors (Lipinski definition) is 1. The van der Waals surface area contributed by atoms with Crippen molar-refractivity contribution in [3.63, 3.8) is 0 Å². The van der Waals surface area contributed by atoms with Crippen LogP contribution in [0.3, 0.4) is 0 Å². The van der Waals surface area contributed by atoms with Gasteiger partial charge in [-0.05, 0) is 55.2 Å². The van der Waals surface area contributed by atoms with Crippen molar-refractivity contribution in [1.82, 2.24) is 5.32 Å². The van der Waals surface area contributed by atoms with Gasteiger partial charge < -0.3 is 5.32 Å². The second-order valence-corrected chi connectivity index (χ2v) is 6.98. The molecule has 20 heavy (non-hydrogen) atoms. The van der Waals surface area contributed by atoms with Crippen LogP contribution in [0.15, 0.2) is 24.3 Å². The number of benzene rings is 1. The summed E-state index contributed by atoms with van der Waals surface area (Å²) in [4.78, 5) is 0. The van der Waals surface area contributed by atoms with Gasteiger partial charge in [0.05, 0.1) is 0 Å². The Morgan fingerprint density at radius 1 is 1.10 bits per heavy atom. The minimum atomic E-state index is 0.469. The molecule has 1 N–H and O–H groups in total. The Morgan fingerprint density at radius 3 is 2.15 bits per heavy atom. The normalized spacial score (nSPS) is 19.4. The quantitative estimate of drug-likeness (QED) is 0.759. The average Bonchev–Trinajstić information content (AvgIpc) is 2.88. The molecular weight excluding hydrogens is 242 g/mol. The Morgan fingerprint density at radius 2 is 1.70 bits per heavy atom. The Balaban J connectivity index is 2.27. The first-order valence-corrected chi connectivity index (χ1v) is 8.37. The largest absolute Gasteiger partial charge is 0.313 e. The third kappa shape index (κ3) is 3.25. The van der Waals surface area contributed by atoms with E-state index in [1.165, 1.54) is 43.2 Å². The summed E-state index contributed by atoms with van der Waals surface area (Å²) in [5.41, 5.74) is 3.39. The molecule has 1 unspecified atom stereocenters. The van der Waals surface area contributed by atoms with Crippen molar-refractivity contribution >= 4 is 0 Å². The van der Waals surface area contributed by atoms with Gasteiger partial charge in [0.1, 0.15) is 0 Å². The van der Waals surface area contributed by atoms with Crippen molar-refractivity contribution in [2.75, 3.05) is 7.05 Å². The Labute approximate surface area is 125 Å². The van der Waals surface area contributed by atoms with Gasteiger partial charge in [0.25, 0.3) is 0 Å². The molecule has 0 aromatic heterocycles. The predicted octanol–water partition coefficient (Wildman–Crippen LogP) is 5.12. The SMILES string of the molecule is CCc1ccc(C(NC)C2(CC(C)C)CCCC2)cc1. The molecule has 0 saturated heterocycles. The van der Waals surface area contributed by atoms with Crippen molar-refractivity contribution in [2.45, 2.75) is 65.3 Å². The van der Waals surface area contributed by atoms with E-state index in [-0.39, 0.29) is 0 Å². The second-order valence-electron chi connectivity index (χ2n) is 6.98. The van der Waals surface area contributed by atoms with Crippen molar-refractivity contribution in [3.8, 4) is 0 Å². The van der Waals surface area contributed by atoms with Gasteiger partial charge in [0.15, 0.2) is 0 Å². The fourth-order valence-electron chi connectivity index (χ4n) is 4.28. The van der Waals surface area contributed by atoms with E-state index < -0.39 is 0 Å². The van der Waals surface area contributed by atoms with Gasteiger partial charge in [-0.25, -0.2) is 0 Å². The molecule has 0 heterocycles. The highest BCUT2D eigenvalue weighted by Gasteiger charge is 2.41. The van der Waals surface area contributed by atoms with E-state index in [2.05, 4.69) is 57.4 Å². The summed E-state index contributed by atoms with van der Waals surface area (Å²) in [7, 11) is 2.14. The molecule has 1 aliphatic rings. The standard InChI is InChI=1S/C19H31N/c1-5-16-8-10-17(11-9-16)18(20-4)19(14-15(2)3)12-6-7-13-19/h8-11,15,18,20H,5-7,12-14H2,1-4H3. The summed E-state index contributed by atoms with van der Waals surface area (Å²) in [6.07, 6.45) is 8.03. The summed E-state index contributed by atoms with van der Waals surface area (Å²) < 4.78 is 0. The van der Waals surface area contributed by atoms with Crippen LogP contribution < -0.4 is 5.32 Å². The van der Waals surface area contributed by atoms with Crippen LogP contribution in [0.4, 0.5) is 0 Å². The van der Waals surface area contributed by atoms with Gasteiger partial charge >= 0.3 is 0 Å². The van der Waals surface area contributed by atoms with Crippen LogP contribution >= 0.6 is 0 Å². The fraction of sp³-hybridized carbons (Fsp3) is 0.684. The van der Waals surface area contributed by atoms with Crippen LogP contribution in [-0.2, 0) is 6.42 Å². The number of rotatable bonds is 6. The fourth-order valence-corrected chi connectivity index (χ4v) is 4.28. The summed E-state index contributed by atoms with van der Waals surface area (Å²) >= 11 is 0. The molecule has 1 aromatic rings. The van der Waals surface area contributed by atoms with Crippen molar-refractivity contribution in [1.29, 1.82) is 0 Å². The van der Waals surface area contributed by atoms with Crippen molar-refractivity contribution < 1.29 is 0 Å². The van der Waals surface area contributed by atoms with E-state index in [9.17, 15) is 0 Å². The van der Waals surface area contributed by atoms with Crippen LogP contribution in [0, 0.1) is 11.3 Å². The summed E-state index contributed by atoms with van der Waals surface area (Å²) in [5, 5.41) is 3.64. The van der Waals surface area contributed by atoms with E-state index >= 15 is 0 Å². The van der Waals surface area contributed by atoms with Gasteiger partial charge in [-0.2, -0.15) is 0 Å². The van der Waals surface area contributed by atoms with E-state index in [4.69, 9.17) is 0 Å². The molecule has 1 fully saturated rings. The van der Waals surface area contributed by atoms with Gasteiger partial charge in [-0.1, -0.05) is 57.9 Å². The Bertz CT molecular complexity index is 398. The maximum absolute atomic E-state index is 3.64. The topological polar surface area (TPSA) is 12.0 Å². The minimum Gasteiger partial charge on any atom is -0.313 e. The first-order valence-electron chi connectivity index (χ1n) is 8.37. The lowest BCUT2D eigenvalue weighted by Crippen LogP contribution is -2.35. The number of hydrogen-bond acceptors (Lipinski definition) is 1. The zero-order valence-electron chi connectivity index (χ0n) is 13.7. The zero-order valence-corrected chi connectivity index (χ0v) is 13.7. The van der Waals surface area contributed by atoms with Crippen molar-refractivity contribution in [2.24, 2.45) is 11.3 Å². The highest BCUT2D eigenvalue weighted by Crippen LogP contribution is 2.51. The average molecular weight is 273 g/mol. The van der Waals surface area contributed by atoms with Crippen LogP contribution in [0.25, 0.3) is 0 Å². The van der Waals surface area contributed by atoms with Crippen LogP contribution in [0.5, 0.6) is 0 Å². The number of nitrogens with one attached hydrogen (secondary N) is 1. The molecule has 1 atom stereocenters. The molecule has 0 bridgehead atoms. The molecule has 1 saturated carbocycles. The molecule has 2 rings (SSSR count). The first kappa shape index (κ1) is 15.6. The van der Waals surface area contributed by atoms with Crippen LogP contribution in [0.1, 0.15) is 70.0 Å². The molecule has 0 spiro atoms. The summed E-state index contributed by atoms with van der Waals surface area (Å²) in [5.74, 6) is 0.777. The second kappa shape index (κ2) is 6.76. The van der Waals surface area contributed by atoms with E-state index in [1.54, 1.807) is 0 Å². The monoisotopic (exact) mass is 273 g/mol. The molecule has 0 radical (unpaired) electrons. The Kier molecular flexibility index (Phi) is 5.26. The Hall–Kier alpha value is -0.820. The first-order chi connectivity index (χ1) is 9.61. The van der Waals surface area contributed by atoms with E-state index in [0.717, 1.165) is 12.3 Å².